The molecule has 0 fully saturated rings. The number of hydrogen-bond acceptors (Lipinski definition) is 2. The molecule has 0 aliphatic heterocycles. The predicted octanol–water partition coefficient (Wildman–Crippen LogP) is 5.27. The molecule has 3 aromatic carbocycles. The van der Waals surface area contributed by atoms with Crippen molar-refractivity contribution in [2.24, 2.45) is 0 Å². The molecule has 0 aliphatic rings. The van der Waals surface area contributed by atoms with Gasteiger partial charge in [0.2, 0.25) is 11.8 Å². The second-order valence-electron chi connectivity index (χ2n) is 6.33. The van der Waals surface area contributed by atoms with Crippen LogP contribution in [-0.4, -0.2) is 11.8 Å². The number of amides is 2. The fourth-order valence-electron chi connectivity index (χ4n) is 2.53. The van der Waals surface area contributed by atoms with Crippen LogP contribution in [0.1, 0.15) is 11.1 Å². The Morgan fingerprint density at radius 3 is 1.43 bits per heavy atom. The Balaban J connectivity index is 1.57. The molecular formula is C24H18F2N2O2. The molecule has 3 rings (SSSR count). The highest BCUT2D eigenvalue weighted by atomic mass is 19.1. The number of carbonyl (C=O) groups is 2. The minimum Gasteiger partial charge on any atom is -0.322 e. The molecule has 0 saturated heterocycles. The van der Waals surface area contributed by atoms with Crippen LogP contribution >= 0.6 is 0 Å². The Labute approximate surface area is 172 Å². The molecule has 3 aromatic rings. The van der Waals surface area contributed by atoms with E-state index in [0.717, 1.165) is 0 Å². The molecule has 0 heterocycles. The van der Waals surface area contributed by atoms with Crippen LogP contribution in [-0.2, 0) is 9.59 Å². The van der Waals surface area contributed by atoms with E-state index >= 15 is 0 Å². The van der Waals surface area contributed by atoms with Crippen LogP contribution in [0.25, 0.3) is 12.2 Å². The van der Waals surface area contributed by atoms with E-state index in [2.05, 4.69) is 10.6 Å². The molecule has 150 valence electrons. The lowest BCUT2D eigenvalue weighted by Crippen LogP contribution is -2.10. The third-order valence-electron chi connectivity index (χ3n) is 3.99. The number of halogens is 2. The molecule has 0 aliphatic carbocycles. The normalized spacial score (nSPS) is 11.0. The van der Waals surface area contributed by atoms with Gasteiger partial charge in [0, 0.05) is 23.5 Å². The fraction of sp³-hybridized carbons (Fsp3) is 0. The maximum atomic E-state index is 12.9. The van der Waals surface area contributed by atoms with E-state index in [1.54, 1.807) is 60.7 Å². The zero-order valence-electron chi connectivity index (χ0n) is 15.8. The molecular weight excluding hydrogens is 386 g/mol. The summed E-state index contributed by atoms with van der Waals surface area (Å²) in [6, 6.07) is 18.2. The van der Waals surface area contributed by atoms with Gasteiger partial charge in [-0.3, -0.25) is 9.59 Å². The van der Waals surface area contributed by atoms with Gasteiger partial charge in [-0.15, -0.1) is 0 Å². The van der Waals surface area contributed by atoms with Crippen molar-refractivity contribution in [2.45, 2.75) is 0 Å². The van der Waals surface area contributed by atoms with Crippen molar-refractivity contribution >= 4 is 35.3 Å². The van der Waals surface area contributed by atoms with Crippen LogP contribution in [0.3, 0.4) is 0 Å². The van der Waals surface area contributed by atoms with Crippen LogP contribution in [0.4, 0.5) is 20.2 Å². The second-order valence-corrected chi connectivity index (χ2v) is 6.33. The maximum absolute atomic E-state index is 12.9. The topological polar surface area (TPSA) is 58.2 Å². The third kappa shape index (κ3) is 6.53. The summed E-state index contributed by atoms with van der Waals surface area (Å²) < 4.78 is 25.8. The van der Waals surface area contributed by atoms with Gasteiger partial charge in [0.15, 0.2) is 0 Å². The van der Waals surface area contributed by atoms with Crippen LogP contribution in [0.2, 0.25) is 0 Å². The molecule has 0 atom stereocenters. The van der Waals surface area contributed by atoms with Crippen LogP contribution in [0.15, 0.2) is 84.9 Å². The van der Waals surface area contributed by atoms with Gasteiger partial charge in [0.1, 0.15) is 11.6 Å². The van der Waals surface area contributed by atoms with E-state index in [4.69, 9.17) is 0 Å². The molecule has 4 nitrogen and oxygen atoms in total. The summed E-state index contributed by atoms with van der Waals surface area (Å²) in [5.41, 5.74) is 2.40. The highest BCUT2D eigenvalue weighted by Gasteiger charge is 2.02. The van der Waals surface area contributed by atoms with E-state index in [1.807, 2.05) is 0 Å². The quantitative estimate of drug-likeness (QED) is 0.550. The van der Waals surface area contributed by atoms with Gasteiger partial charge in [0.05, 0.1) is 0 Å². The predicted molar refractivity (Wildman–Crippen MR) is 115 cm³/mol. The Bertz CT molecular complexity index is 1000. The molecule has 0 spiro atoms. The van der Waals surface area contributed by atoms with Crippen molar-refractivity contribution in [3.8, 4) is 0 Å². The molecule has 0 saturated carbocycles. The van der Waals surface area contributed by atoms with E-state index in [0.29, 0.717) is 22.5 Å². The largest absolute Gasteiger partial charge is 0.322 e. The van der Waals surface area contributed by atoms with Crippen molar-refractivity contribution < 1.29 is 18.4 Å². The number of anilines is 2. The monoisotopic (exact) mass is 404 g/mol. The summed E-state index contributed by atoms with van der Waals surface area (Å²) in [5, 5.41) is 5.39. The first-order chi connectivity index (χ1) is 14.5. The van der Waals surface area contributed by atoms with Gasteiger partial charge in [-0.2, -0.15) is 0 Å². The Morgan fingerprint density at radius 2 is 1.03 bits per heavy atom. The lowest BCUT2D eigenvalue weighted by atomic mass is 10.2. The summed E-state index contributed by atoms with van der Waals surface area (Å²) in [4.78, 5) is 24.1. The highest BCUT2D eigenvalue weighted by molar-refractivity contribution is 6.04. The molecule has 0 bridgehead atoms. The van der Waals surface area contributed by atoms with Gasteiger partial charge in [-0.25, -0.2) is 8.78 Å². The summed E-state index contributed by atoms with van der Waals surface area (Å²) in [7, 11) is 0. The fourth-order valence-corrected chi connectivity index (χ4v) is 2.53. The lowest BCUT2D eigenvalue weighted by molar-refractivity contribution is -0.112. The minimum absolute atomic E-state index is 0.344. The summed E-state index contributed by atoms with van der Waals surface area (Å²) in [6.07, 6.45) is 5.81. The van der Waals surface area contributed by atoms with Gasteiger partial charge >= 0.3 is 0 Å². The van der Waals surface area contributed by atoms with Gasteiger partial charge < -0.3 is 10.6 Å². The average Bonchev–Trinajstić information content (AvgIpc) is 2.73. The summed E-state index contributed by atoms with van der Waals surface area (Å²) >= 11 is 0. The van der Waals surface area contributed by atoms with Crippen molar-refractivity contribution in [1.82, 2.24) is 0 Å². The van der Waals surface area contributed by atoms with Crippen molar-refractivity contribution in [2.75, 3.05) is 10.6 Å². The van der Waals surface area contributed by atoms with Crippen molar-refractivity contribution in [3.63, 3.8) is 0 Å². The van der Waals surface area contributed by atoms with Crippen LogP contribution in [0, 0.1) is 11.6 Å². The third-order valence-corrected chi connectivity index (χ3v) is 3.99. The van der Waals surface area contributed by atoms with Gasteiger partial charge in [-0.05, 0) is 65.7 Å². The Hall–Kier alpha value is -4.06. The maximum Gasteiger partial charge on any atom is 0.248 e. The molecule has 2 amide bonds. The summed E-state index contributed by atoms with van der Waals surface area (Å²) in [5.74, 6) is -1.41. The van der Waals surface area contributed by atoms with E-state index < -0.39 is 0 Å². The van der Waals surface area contributed by atoms with Gasteiger partial charge in [0.25, 0.3) is 0 Å². The second kappa shape index (κ2) is 9.93. The Morgan fingerprint density at radius 1 is 0.633 bits per heavy atom. The van der Waals surface area contributed by atoms with E-state index in [1.165, 1.54) is 36.4 Å². The highest BCUT2D eigenvalue weighted by Crippen LogP contribution is 2.16. The molecule has 0 unspecified atom stereocenters. The number of hydrogen-bond donors (Lipinski definition) is 2. The van der Waals surface area contributed by atoms with Gasteiger partial charge in [-0.1, -0.05) is 30.3 Å². The standard InChI is InChI=1S/C24H18F2N2O2/c25-19-10-4-17(5-11-19)8-14-23(29)27-21-2-1-3-22(16-21)28-24(30)15-9-18-6-12-20(26)13-7-18/h1-16H,(H,27,29)(H,28,30)/b14-8+,15-9+. The molecule has 2 N–H and O–H groups in total. The first kappa shape index (κ1) is 20.7. The number of carbonyl (C=O) groups excluding carboxylic acids is 2. The SMILES string of the molecule is O=C(/C=C/c1ccc(F)cc1)Nc1cccc(NC(=O)/C=C/c2ccc(F)cc2)c1. The van der Waals surface area contributed by atoms with Crippen LogP contribution in [0.5, 0.6) is 0 Å². The number of rotatable bonds is 6. The van der Waals surface area contributed by atoms with Crippen LogP contribution < -0.4 is 10.6 Å². The first-order valence-electron chi connectivity index (χ1n) is 9.07. The number of nitrogens with one attached hydrogen (secondary N) is 2. The molecule has 30 heavy (non-hydrogen) atoms. The van der Waals surface area contributed by atoms with Crippen molar-refractivity contribution in [3.05, 3.63) is 108 Å². The average molecular weight is 404 g/mol. The summed E-state index contributed by atoms with van der Waals surface area (Å²) in [6.45, 7) is 0. The molecule has 0 aromatic heterocycles. The Kier molecular flexibility index (Phi) is 6.84. The van der Waals surface area contributed by atoms with Crippen molar-refractivity contribution in [1.29, 1.82) is 0 Å². The van der Waals surface area contributed by atoms with E-state index in [9.17, 15) is 18.4 Å². The van der Waals surface area contributed by atoms with E-state index in [-0.39, 0.29) is 23.4 Å². The first-order valence-corrected chi connectivity index (χ1v) is 9.07. The minimum atomic E-state index is -0.362. The lowest BCUT2D eigenvalue weighted by Gasteiger charge is -2.06. The molecule has 0 radical (unpaired) electrons. The zero-order chi connectivity index (χ0) is 21.3. The zero-order valence-corrected chi connectivity index (χ0v) is 15.8. The number of benzene rings is 3. The smallest absolute Gasteiger partial charge is 0.248 e. The molecule has 6 heteroatoms.